The van der Waals surface area contributed by atoms with Crippen molar-refractivity contribution in [1.82, 2.24) is 4.98 Å². The summed E-state index contributed by atoms with van der Waals surface area (Å²) in [4.78, 5) is 30.4. The number of nitrogens with zero attached hydrogens (tertiary/aromatic N) is 2. The third kappa shape index (κ3) is 2.67. The van der Waals surface area contributed by atoms with Gasteiger partial charge >= 0.3 is 0 Å². The Morgan fingerprint density at radius 1 is 1.36 bits per heavy atom. The maximum atomic E-state index is 12.8. The maximum absolute atomic E-state index is 12.8. The lowest BCUT2D eigenvalue weighted by Crippen LogP contribution is -2.35. The minimum Gasteiger partial charge on any atom is -0.324 e. The first-order valence-electron chi connectivity index (χ1n) is 6.89. The monoisotopic (exact) mass is 315 g/mol. The number of nitrogens with one attached hydrogen (secondary N) is 1. The molecule has 2 heterocycles. The second-order valence-corrected chi connectivity index (χ2v) is 5.58. The highest BCUT2D eigenvalue weighted by Gasteiger charge is 2.29. The van der Waals surface area contributed by atoms with Crippen LogP contribution in [0.3, 0.4) is 0 Å². The van der Waals surface area contributed by atoms with Gasteiger partial charge in [-0.2, -0.15) is 0 Å². The number of rotatable bonds is 1. The van der Waals surface area contributed by atoms with Crippen molar-refractivity contribution in [3.8, 4) is 0 Å². The van der Waals surface area contributed by atoms with E-state index in [4.69, 9.17) is 11.6 Å². The number of fused-ring (bicyclic) bond motifs is 1. The first-order chi connectivity index (χ1) is 10.6. The van der Waals surface area contributed by atoms with Gasteiger partial charge in [-0.25, -0.2) is 4.98 Å². The molecule has 1 aromatic carbocycles. The van der Waals surface area contributed by atoms with E-state index in [-0.39, 0.29) is 22.9 Å². The van der Waals surface area contributed by atoms with Crippen molar-refractivity contribution in [2.24, 2.45) is 5.92 Å². The summed E-state index contributed by atoms with van der Waals surface area (Å²) in [7, 11) is 0. The molecule has 112 valence electrons. The summed E-state index contributed by atoms with van der Waals surface area (Å²) in [6.45, 7) is 2.10. The van der Waals surface area contributed by atoms with Gasteiger partial charge in [0.1, 0.15) is 5.15 Å². The van der Waals surface area contributed by atoms with E-state index in [1.54, 1.807) is 24.0 Å². The smallest absolute Gasteiger partial charge is 0.258 e. The van der Waals surface area contributed by atoms with E-state index in [0.29, 0.717) is 23.5 Å². The topological polar surface area (TPSA) is 62.3 Å². The Morgan fingerprint density at radius 2 is 2.14 bits per heavy atom. The van der Waals surface area contributed by atoms with E-state index < -0.39 is 0 Å². The van der Waals surface area contributed by atoms with E-state index in [0.717, 1.165) is 0 Å². The molecule has 0 aliphatic carbocycles. The highest BCUT2D eigenvalue weighted by molar-refractivity contribution is 6.29. The lowest BCUT2D eigenvalue weighted by atomic mass is 10.1. The zero-order valence-electron chi connectivity index (χ0n) is 11.9. The van der Waals surface area contributed by atoms with Crippen molar-refractivity contribution < 1.29 is 9.59 Å². The summed E-state index contributed by atoms with van der Waals surface area (Å²) in [6, 6.07) is 10.4. The van der Waals surface area contributed by atoms with E-state index in [1.165, 1.54) is 12.3 Å². The zero-order chi connectivity index (χ0) is 15.7. The van der Waals surface area contributed by atoms with Gasteiger partial charge in [0.15, 0.2) is 0 Å². The van der Waals surface area contributed by atoms with Gasteiger partial charge in [0, 0.05) is 18.3 Å². The van der Waals surface area contributed by atoms with E-state index in [1.807, 2.05) is 18.2 Å². The second kappa shape index (κ2) is 5.77. The molecule has 0 saturated heterocycles. The molecule has 2 aromatic rings. The summed E-state index contributed by atoms with van der Waals surface area (Å²) in [6.07, 6.45) is 1.49. The number of carbonyl (C=O) groups excluding carboxylic acids is 2. The molecule has 3 rings (SSSR count). The van der Waals surface area contributed by atoms with Gasteiger partial charge in [-0.05, 0) is 24.3 Å². The average molecular weight is 316 g/mol. The molecular weight excluding hydrogens is 302 g/mol. The van der Waals surface area contributed by atoms with Crippen LogP contribution in [0.15, 0.2) is 42.6 Å². The largest absolute Gasteiger partial charge is 0.324 e. The van der Waals surface area contributed by atoms with Crippen molar-refractivity contribution in [3.63, 3.8) is 0 Å². The van der Waals surface area contributed by atoms with Crippen LogP contribution < -0.4 is 10.2 Å². The highest BCUT2D eigenvalue weighted by Crippen LogP contribution is 2.31. The van der Waals surface area contributed by atoms with Gasteiger partial charge < -0.3 is 10.2 Å². The van der Waals surface area contributed by atoms with Crippen LogP contribution in [-0.2, 0) is 4.79 Å². The number of hydrogen-bond acceptors (Lipinski definition) is 3. The number of hydrogen-bond donors (Lipinski definition) is 1. The van der Waals surface area contributed by atoms with Crippen LogP contribution in [0.2, 0.25) is 5.15 Å². The van der Waals surface area contributed by atoms with Crippen LogP contribution >= 0.6 is 11.6 Å². The summed E-state index contributed by atoms with van der Waals surface area (Å²) in [5, 5.41) is 3.11. The average Bonchev–Trinajstić information content (AvgIpc) is 2.64. The number of halogens is 1. The van der Waals surface area contributed by atoms with Crippen LogP contribution in [0, 0.1) is 5.92 Å². The van der Waals surface area contributed by atoms with E-state index in [9.17, 15) is 9.59 Å². The molecule has 0 saturated carbocycles. The highest BCUT2D eigenvalue weighted by atomic mass is 35.5. The Balaban J connectivity index is 2.05. The normalized spacial score (nSPS) is 17.5. The van der Waals surface area contributed by atoms with Crippen LogP contribution in [-0.4, -0.2) is 23.3 Å². The van der Waals surface area contributed by atoms with Crippen molar-refractivity contribution in [2.75, 3.05) is 16.8 Å². The molecule has 1 N–H and O–H groups in total. The minimum absolute atomic E-state index is 0.101. The number of amides is 2. The van der Waals surface area contributed by atoms with Gasteiger partial charge in [-0.3, -0.25) is 9.59 Å². The summed E-state index contributed by atoms with van der Waals surface area (Å²) >= 11 is 5.86. The summed E-state index contributed by atoms with van der Waals surface area (Å²) < 4.78 is 0. The number of anilines is 2. The molecule has 0 radical (unpaired) electrons. The maximum Gasteiger partial charge on any atom is 0.258 e. The Morgan fingerprint density at radius 3 is 2.91 bits per heavy atom. The third-order valence-electron chi connectivity index (χ3n) is 3.58. The fourth-order valence-corrected chi connectivity index (χ4v) is 2.58. The first-order valence-corrected chi connectivity index (χ1v) is 7.27. The zero-order valence-corrected chi connectivity index (χ0v) is 12.7. The Kier molecular flexibility index (Phi) is 3.81. The fourth-order valence-electron chi connectivity index (χ4n) is 2.41. The van der Waals surface area contributed by atoms with Crippen LogP contribution in [0.4, 0.5) is 11.4 Å². The van der Waals surface area contributed by atoms with Crippen molar-refractivity contribution in [3.05, 3.63) is 53.3 Å². The molecule has 1 aliphatic rings. The lowest BCUT2D eigenvalue weighted by Gasteiger charge is -2.23. The SMILES string of the molecule is C[C@@H]1CN(C(=O)c2ccnc(Cl)c2)c2ccccc2NC1=O. The van der Waals surface area contributed by atoms with E-state index in [2.05, 4.69) is 10.3 Å². The predicted octanol–water partition coefficient (Wildman–Crippen LogP) is 2.97. The van der Waals surface area contributed by atoms with Crippen molar-refractivity contribution in [1.29, 1.82) is 0 Å². The molecule has 0 unspecified atom stereocenters. The van der Waals surface area contributed by atoms with Crippen molar-refractivity contribution in [2.45, 2.75) is 6.92 Å². The van der Waals surface area contributed by atoms with Crippen LogP contribution in [0.5, 0.6) is 0 Å². The predicted molar refractivity (Wildman–Crippen MR) is 85.2 cm³/mol. The molecule has 0 fully saturated rings. The van der Waals surface area contributed by atoms with Gasteiger partial charge in [-0.15, -0.1) is 0 Å². The van der Waals surface area contributed by atoms with Gasteiger partial charge in [-0.1, -0.05) is 30.7 Å². The molecule has 1 atom stereocenters. The molecule has 6 heteroatoms. The van der Waals surface area contributed by atoms with Crippen LogP contribution in [0.25, 0.3) is 0 Å². The lowest BCUT2D eigenvalue weighted by molar-refractivity contribution is -0.119. The molecule has 22 heavy (non-hydrogen) atoms. The number of para-hydroxylation sites is 2. The molecule has 0 spiro atoms. The Hall–Kier alpha value is -2.40. The Bertz CT molecular complexity index is 748. The van der Waals surface area contributed by atoms with Crippen molar-refractivity contribution >= 4 is 34.8 Å². The molecule has 2 amide bonds. The van der Waals surface area contributed by atoms with Gasteiger partial charge in [0.25, 0.3) is 5.91 Å². The molecule has 1 aliphatic heterocycles. The standard InChI is InChI=1S/C16H14ClN3O2/c1-10-9-20(16(22)11-6-7-18-14(17)8-11)13-5-3-2-4-12(13)19-15(10)21/h2-8,10H,9H2,1H3,(H,19,21)/t10-/m1/s1. The number of benzene rings is 1. The minimum atomic E-state index is -0.311. The fraction of sp³-hybridized carbons (Fsp3) is 0.188. The molecule has 1 aromatic heterocycles. The van der Waals surface area contributed by atoms with E-state index >= 15 is 0 Å². The number of carbonyl (C=O) groups is 2. The molecular formula is C16H14ClN3O2. The first kappa shape index (κ1) is 14.5. The summed E-state index contributed by atoms with van der Waals surface area (Å²) in [5.74, 6) is -0.621. The number of aromatic nitrogens is 1. The van der Waals surface area contributed by atoms with Gasteiger partial charge in [0.05, 0.1) is 17.3 Å². The second-order valence-electron chi connectivity index (χ2n) is 5.19. The quantitative estimate of drug-likeness (QED) is 0.823. The summed E-state index contributed by atoms with van der Waals surface area (Å²) in [5.41, 5.74) is 1.75. The molecule has 0 bridgehead atoms. The number of pyridine rings is 1. The van der Waals surface area contributed by atoms with Crippen LogP contribution in [0.1, 0.15) is 17.3 Å². The Labute approximate surface area is 132 Å². The van der Waals surface area contributed by atoms with Gasteiger partial charge in [0.2, 0.25) is 5.91 Å². The third-order valence-corrected chi connectivity index (χ3v) is 3.78. The molecule has 5 nitrogen and oxygen atoms in total.